The minimum Gasteiger partial charge on any atom is -0.334 e. The second-order valence-corrected chi connectivity index (χ2v) is 7.35. The summed E-state index contributed by atoms with van der Waals surface area (Å²) in [5, 5.41) is 5.45. The van der Waals surface area contributed by atoms with Gasteiger partial charge in [0.05, 0.1) is 12.0 Å². The van der Waals surface area contributed by atoms with Crippen LogP contribution in [0.1, 0.15) is 25.0 Å². The Labute approximate surface area is 169 Å². The van der Waals surface area contributed by atoms with Crippen molar-refractivity contribution in [1.29, 1.82) is 0 Å². The van der Waals surface area contributed by atoms with Crippen molar-refractivity contribution in [3.8, 4) is 0 Å². The second kappa shape index (κ2) is 8.59. The Morgan fingerprint density at radius 1 is 1.14 bits per heavy atom. The normalized spacial score (nSPS) is 21.8. The fourth-order valence-electron chi connectivity index (χ4n) is 3.56. The molecule has 0 aromatic heterocycles. The van der Waals surface area contributed by atoms with Gasteiger partial charge in [-0.2, -0.15) is 0 Å². The Balaban J connectivity index is 1.67. The van der Waals surface area contributed by atoms with Crippen LogP contribution in [0.3, 0.4) is 0 Å². The molecule has 7 heteroatoms. The number of nitrogens with one attached hydrogen (secondary N) is 2. The van der Waals surface area contributed by atoms with Crippen LogP contribution in [-0.4, -0.2) is 29.9 Å². The van der Waals surface area contributed by atoms with E-state index in [-0.39, 0.29) is 6.03 Å². The summed E-state index contributed by atoms with van der Waals surface area (Å²) in [5.41, 5.74) is 2.85. The van der Waals surface area contributed by atoms with E-state index in [2.05, 4.69) is 17.6 Å². The van der Waals surface area contributed by atoms with Gasteiger partial charge in [0, 0.05) is 25.7 Å². The Morgan fingerprint density at radius 2 is 1.72 bits per heavy atom. The van der Waals surface area contributed by atoms with Gasteiger partial charge in [-0.05, 0) is 42.2 Å². The molecule has 29 heavy (non-hydrogen) atoms. The number of halogens is 2. The van der Waals surface area contributed by atoms with Crippen LogP contribution in [0.2, 0.25) is 0 Å². The van der Waals surface area contributed by atoms with Gasteiger partial charge < -0.3 is 15.5 Å². The summed E-state index contributed by atoms with van der Waals surface area (Å²) in [7, 11) is 1.63. The molecule has 2 aliphatic rings. The molecule has 1 aliphatic heterocycles. The van der Waals surface area contributed by atoms with Crippen molar-refractivity contribution >= 4 is 11.9 Å². The highest BCUT2D eigenvalue weighted by Gasteiger charge is 2.38. The van der Waals surface area contributed by atoms with E-state index >= 15 is 0 Å². The molecule has 0 fully saturated rings. The maximum Gasteiger partial charge on any atom is 0.317 e. The van der Waals surface area contributed by atoms with Gasteiger partial charge in [0.25, 0.3) is 0 Å². The third kappa shape index (κ3) is 4.39. The Kier molecular flexibility index (Phi) is 6.15. The summed E-state index contributed by atoms with van der Waals surface area (Å²) < 4.78 is 27.4. The molecular weight excluding hydrogens is 376 g/mol. The molecule has 3 unspecified atom stereocenters. The van der Waals surface area contributed by atoms with Crippen LogP contribution in [0.4, 0.5) is 13.6 Å². The minimum absolute atomic E-state index is 0.298. The molecule has 0 saturated heterocycles. The summed E-state index contributed by atoms with van der Waals surface area (Å²) in [6.45, 7) is 4.25. The lowest BCUT2D eigenvalue weighted by Crippen LogP contribution is -2.47. The monoisotopic (exact) mass is 401 g/mol. The zero-order valence-corrected chi connectivity index (χ0v) is 16.7. The number of benzene rings is 1. The molecule has 1 aliphatic carbocycles. The summed E-state index contributed by atoms with van der Waals surface area (Å²) in [6, 6.07) is 7.28. The van der Waals surface area contributed by atoms with Gasteiger partial charge in [0.15, 0.2) is 11.7 Å². The first kappa shape index (κ1) is 20.8. The van der Waals surface area contributed by atoms with Gasteiger partial charge in [0.2, 0.25) is 5.91 Å². The van der Waals surface area contributed by atoms with Gasteiger partial charge in [-0.15, -0.1) is 0 Å². The van der Waals surface area contributed by atoms with Crippen LogP contribution >= 0.6 is 0 Å². The van der Waals surface area contributed by atoms with Crippen molar-refractivity contribution in [1.82, 2.24) is 15.5 Å². The van der Waals surface area contributed by atoms with Crippen molar-refractivity contribution in [2.24, 2.45) is 11.8 Å². The van der Waals surface area contributed by atoms with Crippen LogP contribution in [0, 0.1) is 11.8 Å². The number of amides is 3. The number of carbonyl (C=O) groups is 2. The first-order valence-corrected chi connectivity index (χ1v) is 9.65. The standard InChI is InChI=1S/C22H25F2N3O2/c1-4-14-5-7-15(8-6-14)11-26-22(29)27(3)13(2)18-12-25-21(28)17-10-20(24)19(23)9-16(17)18/h5-10,12-13,16-17H,4,11H2,1-3H3,(H,25,28)(H,26,29). The molecule has 1 aromatic rings. The fraction of sp³-hybridized carbons (Fsp3) is 0.364. The maximum atomic E-state index is 13.8. The molecule has 2 N–H and O–H groups in total. The number of hydrogen-bond donors (Lipinski definition) is 2. The van der Waals surface area contributed by atoms with Crippen LogP contribution in [-0.2, 0) is 17.8 Å². The first-order chi connectivity index (χ1) is 13.8. The number of likely N-dealkylation sites (N-methyl/N-ethyl adjacent to an activating group) is 1. The predicted octanol–water partition coefficient (Wildman–Crippen LogP) is 3.75. The lowest BCUT2D eigenvalue weighted by molar-refractivity contribution is -0.124. The van der Waals surface area contributed by atoms with E-state index in [1.54, 1.807) is 14.0 Å². The van der Waals surface area contributed by atoms with E-state index in [9.17, 15) is 18.4 Å². The second-order valence-electron chi connectivity index (χ2n) is 7.35. The van der Waals surface area contributed by atoms with Crippen molar-refractivity contribution in [3.63, 3.8) is 0 Å². The molecular formula is C22H25F2N3O2. The van der Waals surface area contributed by atoms with E-state index in [0.717, 1.165) is 24.1 Å². The van der Waals surface area contributed by atoms with E-state index in [1.165, 1.54) is 16.7 Å². The number of urea groups is 1. The Hall–Kier alpha value is -2.96. The van der Waals surface area contributed by atoms with E-state index in [1.807, 2.05) is 24.3 Å². The lowest BCUT2D eigenvalue weighted by atomic mass is 9.77. The number of allylic oxidation sites excluding steroid dienone is 3. The number of rotatable bonds is 5. The molecule has 154 valence electrons. The van der Waals surface area contributed by atoms with Crippen molar-refractivity contribution in [3.05, 3.63) is 71.0 Å². The number of nitrogens with zero attached hydrogens (tertiary/aromatic N) is 1. The molecule has 1 heterocycles. The topological polar surface area (TPSA) is 61.4 Å². The molecule has 1 aromatic carbocycles. The summed E-state index contributed by atoms with van der Waals surface area (Å²) in [5.74, 6) is -3.87. The molecule has 3 atom stereocenters. The van der Waals surface area contributed by atoms with Crippen molar-refractivity contribution < 1.29 is 18.4 Å². The predicted molar refractivity (Wildman–Crippen MR) is 107 cm³/mol. The van der Waals surface area contributed by atoms with Crippen LogP contribution < -0.4 is 10.6 Å². The largest absolute Gasteiger partial charge is 0.334 e. The molecule has 0 saturated carbocycles. The van der Waals surface area contributed by atoms with Crippen LogP contribution in [0.15, 0.2) is 59.8 Å². The number of hydrogen-bond acceptors (Lipinski definition) is 2. The highest BCUT2D eigenvalue weighted by molar-refractivity contribution is 5.85. The Bertz CT molecular complexity index is 890. The average molecular weight is 401 g/mol. The molecule has 3 rings (SSSR count). The minimum atomic E-state index is -1.03. The number of fused-ring (bicyclic) bond motifs is 1. The maximum absolute atomic E-state index is 13.8. The van der Waals surface area contributed by atoms with Gasteiger partial charge >= 0.3 is 6.03 Å². The Morgan fingerprint density at radius 3 is 2.34 bits per heavy atom. The smallest absolute Gasteiger partial charge is 0.317 e. The fourth-order valence-corrected chi connectivity index (χ4v) is 3.56. The van der Waals surface area contributed by atoms with Gasteiger partial charge in [0.1, 0.15) is 0 Å². The molecule has 0 radical (unpaired) electrons. The van der Waals surface area contributed by atoms with E-state index < -0.39 is 35.4 Å². The highest BCUT2D eigenvalue weighted by Crippen LogP contribution is 2.37. The lowest BCUT2D eigenvalue weighted by Gasteiger charge is -2.36. The summed E-state index contributed by atoms with van der Waals surface area (Å²) >= 11 is 0. The van der Waals surface area contributed by atoms with Gasteiger partial charge in [-0.1, -0.05) is 31.2 Å². The van der Waals surface area contributed by atoms with Gasteiger partial charge in [-0.3, -0.25) is 4.79 Å². The molecule has 5 nitrogen and oxygen atoms in total. The van der Waals surface area contributed by atoms with Crippen molar-refractivity contribution in [2.45, 2.75) is 32.9 Å². The van der Waals surface area contributed by atoms with E-state index in [0.29, 0.717) is 12.1 Å². The average Bonchev–Trinajstić information content (AvgIpc) is 2.73. The third-order valence-electron chi connectivity index (χ3n) is 5.59. The number of aryl methyl sites for hydroxylation is 1. The SMILES string of the molecule is CCc1ccc(CNC(=O)N(C)C(C)C2=CNC(=O)C3C=C(F)C(F)=CC23)cc1. The van der Waals surface area contributed by atoms with Crippen molar-refractivity contribution in [2.75, 3.05) is 7.05 Å². The zero-order chi connectivity index (χ0) is 21.1. The molecule has 3 amide bonds. The first-order valence-electron chi connectivity index (χ1n) is 9.65. The van der Waals surface area contributed by atoms with Gasteiger partial charge in [-0.25, -0.2) is 13.6 Å². The zero-order valence-electron chi connectivity index (χ0n) is 16.7. The van der Waals surface area contributed by atoms with Crippen LogP contribution in [0.5, 0.6) is 0 Å². The third-order valence-corrected chi connectivity index (χ3v) is 5.59. The highest BCUT2D eigenvalue weighted by atomic mass is 19.2. The number of carbonyl (C=O) groups excluding carboxylic acids is 2. The van der Waals surface area contributed by atoms with Crippen LogP contribution in [0.25, 0.3) is 0 Å². The summed E-state index contributed by atoms with van der Waals surface area (Å²) in [4.78, 5) is 26.1. The van der Waals surface area contributed by atoms with E-state index in [4.69, 9.17) is 0 Å². The molecule has 0 spiro atoms. The summed E-state index contributed by atoms with van der Waals surface area (Å²) in [6.07, 6.45) is 4.55. The molecule has 0 bridgehead atoms. The quantitative estimate of drug-likeness (QED) is 0.790.